The van der Waals surface area contributed by atoms with E-state index in [1.165, 1.54) is 25.7 Å². The second kappa shape index (κ2) is 6.13. The van der Waals surface area contributed by atoms with Crippen LogP contribution in [0.15, 0.2) is 24.5 Å². The molecule has 3 heterocycles. The lowest BCUT2D eigenvalue weighted by atomic mass is 9.93. The molecule has 2 aliphatic carbocycles. The van der Waals surface area contributed by atoms with Gasteiger partial charge in [0.15, 0.2) is 0 Å². The Hall–Kier alpha value is -1.88. The van der Waals surface area contributed by atoms with Crippen LogP contribution in [0.5, 0.6) is 0 Å². The van der Waals surface area contributed by atoms with Gasteiger partial charge in [-0.1, -0.05) is 6.42 Å². The summed E-state index contributed by atoms with van der Waals surface area (Å²) in [6, 6.07) is 4.77. The molecule has 25 heavy (non-hydrogen) atoms. The van der Waals surface area contributed by atoms with E-state index in [-0.39, 0.29) is 5.91 Å². The summed E-state index contributed by atoms with van der Waals surface area (Å²) < 4.78 is 0. The lowest BCUT2D eigenvalue weighted by Gasteiger charge is -2.41. The van der Waals surface area contributed by atoms with E-state index in [1.54, 1.807) is 6.20 Å². The molecule has 1 amide bonds. The quantitative estimate of drug-likeness (QED) is 0.935. The number of amides is 1. The molecule has 132 valence electrons. The summed E-state index contributed by atoms with van der Waals surface area (Å²) in [7, 11) is 0. The second-order valence-electron chi connectivity index (χ2n) is 8.05. The summed E-state index contributed by atoms with van der Waals surface area (Å²) in [5, 5.41) is 1.07. The fourth-order valence-electron chi connectivity index (χ4n) is 5.39. The van der Waals surface area contributed by atoms with E-state index >= 15 is 0 Å². The fraction of sp³-hybridized carbons (Fsp3) is 0.600. The topological polar surface area (TPSA) is 52.2 Å². The van der Waals surface area contributed by atoms with Crippen LogP contribution in [0.3, 0.4) is 0 Å². The van der Waals surface area contributed by atoms with Crippen LogP contribution in [-0.2, 0) is 11.2 Å². The first-order valence-corrected chi connectivity index (χ1v) is 9.71. The molecule has 3 unspecified atom stereocenters. The van der Waals surface area contributed by atoms with Crippen molar-refractivity contribution < 1.29 is 4.79 Å². The third kappa shape index (κ3) is 2.74. The van der Waals surface area contributed by atoms with E-state index in [0.717, 1.165) is 60.7 Å². The zero-order chi connectivity index (χ0) is 16.8. The minimum absolute atomic E-state index is 0.248. The van der Waals surface area contributed by atoms with E-state index in [2.05, 4.69) is 19.8 Å². The molecule has 1 N–H and O–H groups in total. The molecule has 1 saturated heterocycles. The molecular formula is C20H26N4O. The molecule has 2 aromatic rings. The van der Waals surface area contributed by atoms with Gasteiger partial charge in [-0.2, -0.15) is 0 Å². The Balaban J connectivity index is 1.20. The summed E-state index contributed by atoms with van der Waals surface area (Å²) in [4.78, 5) is 24.9. The Morgan fingerprint density at radius 2 is 2.08 bits per heavy atom. The number of H-pyrrole nitrogens is 1. The van der Waals surface area contributed by atoms with Gasteiger partial charge in [0.1, 0.15) is 5.65 Å². The van der Waals surface area contributed by atoms with Crippen LogP contribution in [-0.4, -0.2) is 57.9 Å². The van der Waals surface area contributed by atoms with Gasteiger partial charge in [0.05, 0.1) is 6.42 Å². The van der Waals surface area contributed by atoms with Crippen molar-refractivity contribution in [2.45, 2.75) is 38.1 Å². The van der Waals surface area contributed by atoms with Crippen LogP contribution in [0.4, 0.5) is 0 Å². The summed E-state index contributed by atoms with van der Waals surface area (Å²) in [5.74, 6) is 2.17. The number of nitrogens with one attached hydrogen (secondary N) is 1. The molecule has 5 heteroatoms. The van der Waals surface area contributed by atoms with Crippen LogP contribution in [0, 0.1) is 11.8 Å². The van der Waals surface area contributed by atoms with Crippen LogP contribution >= 0.6 is 0 Å². The van der Waals surface area contributed by atoms with Crippen molar-refractivity contribution in [1.82, 2.24) is 19.8 Å². The maximum absolute atomic E-state index is 12.7. The van der Waals surface area contributed by atoms with E-state index < -0.39 is 0 Å². The van der Waals surface area contributed by atoms with Crippen LogP contribution < -0.4 is 0 Å². The Morgan fingerprint density at radius 3 is 2.84 bits per heavy atom. The van der Waals surface area contributed by atoms with E-state index in [0.29, 0.717) is 6.42 Å². The van der Waals surface area contributed by atoms with Crippen molar-refractivity contribution in [3.05, 3.63) is 30.1 Å². The van der Waals surface area contributed by atoms with Gasteiger partial charge in [-0.25, -0.2) is 4.98 Å². The standard InChI is InChI=1S/C20H26N4O/c25-19(12-16-13-22-20-17(16)2-1-5-21-20)24-8-6-23(7-9-24)18-11-14-3-4-15(18)10-14/h1-2,5,13-15,18H,3-4,6-12H2,(H,21,22). The van der Waals surface area contributed by atoms with E-state index in [1.807, 2.05) is 18.3 Å². The number of hydrogen-bond donors (Lipinski definition) is 1. The van der Waals surface area contributed by atoms with E-state index in [9.17, 15) is 4.79 Å². The van der Waals surface area contributed by atoms with Gasteiger partial charge in [0.2, 0.25) is 5.91 Å². The second-order valence-corrected chi connectivity index (χ2v) is 8.05. The molecule has 3 aliphatic rings. The molecule has 5 nitrogen and oxygen atoms in total. The van der Waals surface area contributed by atoms with Gasteiger partial charge in [-0.15, -0.1) is 0 Å². The Labute approximate surface area is 148 Å². The number of carbonyl (C=O) groups excluding carboxylic acids is 1. The van der Waals surface area contributed by atoms with Crippen LogP contribution in [0.2, 0.25) is 0 Å². The molecule has 0 aromatic carbocycles. The first-order chi connectivity index (χ1) is 12.3. The number of nitrogens with zero attached hydrogens (tertiary/aromatic N) is 3. The summed E-state index contributed by atoms with van der Waals surface area (Å²) in [6.07, 6.45) is 9.93. The summed E-state index contributed by atoms with van der Waals surface area (Å²) in [5.41, 5.74) is 1.93. The lowest BCUT2D eigenvalue weighted by Crippen LogP contribution is -2.53. The van der Waals surface area contributed by atoms with Gasteiger partial charge in [-0.05, 0) is 48.8 Å². The van der Waals surface area contributed by atoms with Crippen molar-refractivity contribution in [1.29, 1.82) is 0 Å². The van der Waals surface area contributed by atoms with Gasteiger partial charge >= 0.3 is 0 Å². The predicted octanol–water partition coefficient (Wildman–Crippen LogP) is 2.44. The maximum Gasteiger partial charge on any atom is 0.227 e. The average molecular weight is 338 g/mol. The number of rotatable bonds is 3. The van der Waals surface area contributed by atoms with E-state index in [4.69, 9.17) is 0 Å². The van der Waals surface area contributed by atoms with Crippen LogP contribution in [0.25, 0.3) is 11.0 Å². The molecule has 1 aliphatic heterocycles. The minimum Gasteiger partial charge on any atom is -0.346 e. The van der Waals surface area contributed by atoms with Gasteiger partial charge in [0.25, 0.3) is 0 Å². The number of piperazine rings is 1. The predicted molar refractivity (Wildman–Crippen MR) is 97.2 cm³/mol. The SMILES string of the molecule is O=C(Cc1c[nH]c2ncccc12)N1CCN(C2CC3CCC2C3)CC1. The number of fused-ring (bicyclic) bond motifs is 3. The van der Waals surface area contributed by atoms with Crippen molar-refractivity contribution in [3.8, 4) is 0 Å². The Bertz CT molecular complexity index is 777. The fourth-order valence-corrected chi connectivity index (χ4v) is 5.39. The zero-order valence-electron chi connectivity index (χ0n) is 14.7. The number of aromatic amines is 1. The number of hydrogen-bond acceptors (Lipinski definition) is 3. The van der Waals surface area contributed by atoms with Crippen molar-refractivity contribution in [3.63, 3.8) is 0 Å². The van der Waals surface area contributed by atoms with Crippen molar-refractivity contribution >= 4 is 16.9 Å². The first-order valence-electron chi connectivity index (χ1n) is 9.71. The molecule has 3 atom stereocenters. The number of aromatic nitrogens is 2. The lowest BCUT2D eigenvalue weighted by molar-refractivity contribution is -0.132. The monoisotopic (exact) mass is 338 g/mol. The highest BCUT2D eigenvalue weighted by Crippen LogP contribution is 2.46. The molecule has 0 radical (unpaired) electrons. The third-order valence-corrected chi connectivity index (χ3v) is 6.72. The van der Waals surface area contributed by atoms with Gasteiger partial charge in [-0.3, -0.25) is 9.69 Å². The normalized spacial score (nSPS) is 29.6. The van der Waals surface area contributed by atoms with Crippen molar-refractivity contribution in [2.75, 3.05) is 26.2 Å². The number of carbonyl (C=O) groups is 1. The molecule has 2 aromatic heterocycles. The largest absolute Gasteiger partial charge is 0.346 e. The average Bonchev–Trinajstić information content (AvgIpc) is 3.38. The number of pyridine rings is 1. The van der Waals surface area contributed by atoms with Gasteiger partial charge in [0, 0.05) is 50.0 Å². The highest BCUT2D eigenvalue weighted by molar-refractivity contribution is 5.87. The summed E-state index contributed by atoms with van der Waals surface area (Å²) in [6.45, 7) is 3.87. The summed E-state index contributed by atoms with van der Waals surface area (Å²) >= 11 is 0. The highest BCUT2D eigenvalue weighted by atomic mass is 16.2. The van der Waals surface area contributed by atoms with Crippen LogP contribution in [0.1, 0.15) is 31.2 Å². The Kier molecular flexibility index (Phi) is 3.77. The zero-order valence-corrected chi connectivity index (χ0v) is 14.7. The molecule has 3 fully saturated rings. The molecule has 2 bridgehead atoms. The molecule has 2 saturated carbocycles. The third-order valence-electron chi connectivity index (χ3n) is 6.72. The van der Waals surface area contributed by atoms with Crippen molar-refractivity contribution in [2.24, 2.45) is 11.8 Å². The van der Waals surface area contributed by atoms with Gasteiger partial charge < -0.3 is 9.88 Å². The molecule has 0 spiro atoms. The smallest absolute Gasteiger partial charge is 0.227 e. The molecule has 5 rings (SSSR count). The minimum atomic E-state index is 0.248. The Morgan fingerprint density at radius 1 is 1.20 bits per heavy atom. The maximum atomic E-state index is 12.7. The highest BCUT2D eigenvalue weighted by Gasteiger charge is 2.42. The molecular weight excluding hydrogens is 312 g/mol. The first kappa shape index (κ1) is 15.4.